The fourth-order valence-electron chi connectivity index (χ4n) is 6.03. The van der Waals surface area contributed by atoms with Crippen molar-refractivity contribution in [3.63, 3.8) is 0 Å². The van der Waals surface area contributed by atoms with Gasteiger partial charge in [-0.25, -0.2) is 0 Å². The van der Waals surface area contributed by atoms with E-state index in [9.17, 15) is 0 Å². The zero-order valence-electron chi connectivity index (χ0n) is 22.8. The van der Waals surface area contributed by atoms with Crippen molar-refractivity contribution in [2.24, 2.45) is 13.0 Å². The average Bonchev–Trinajstić information content (AvgIpc) is 2.81. The summed E-state index contributed by atoms with van der Waals surface area (Å²) < 4.78 is 10.8. The number of nitrogens with zero attached hydrogens (tertiary/aromatic N) is 1. The van der Waals surface area contributed by atoms with Gasteiger partial charge in [0, 0.05) is 0 Å². The average molecular weight is 535 g/mol. The molecule has 0 spiro atoms. The topological polar surface area (TPSA) is 13.1 Å². The summed E-state index contributed by atoms with van der Waals surface area (Å²) in [5, 5.41) is 7.81. The minimum absolute atomic E-state index is 0.536. The normalized spacial score (nSPS) is 13.0. The number of ether oxygens (including phenoxy) is 1. The van der Waals surface area contributed by atoms with Crippen LogP contribution in [0.2, 0.25) is 17.3 Å². The van der Waals surface area contributed by atoms with Gasteiger partial charge in [-0.3, -0.25) is 0 Å². The standard InChI is InChI=1S/C33H36GeNO/c1-19(2)15-28-24-12-9-20(3)16-26(24)21(4)30-32-31-25(13-14-35(32)8)27-18-23(34(5,6)7)11-10-22(27)17-29(31)36-33(28)30/h9-14,16-19H,15H2,1-8H3/q+1. The molecule has 0 fully saturated rings. The third-order valence-corrected chi connectivity index (χ3v) is 12.2. The van der Waals surface area contributed by atoms with Crippen LogP contribution in [0, 0.1) is 19.8 Å². The summed E-state index contributed by atoms with van der Waals surface area (Å²) in [5.74, 6) is 9.98. The van der Waals surface area contributed by atoms with E-state index in [4.69, 9.17) is 4.74 Å². The van der Waals surface area contributed by atoms with Crippen molar-refractivity contribution >= 4 is 50.0 Å². The van der Waals surface area contributed by atoms with E-state index in [0.717, 1.165) is 17.9 Å². The Morgan fingerprint density at radius 2 is 1.64 bits per heavy atom. The van der Waals surface area contributed by atoms with Gasteiger partial charge < -0.3 is 0 Å². The zero-order chi connectivity index (χ0) is 25.5. The molecule has 1 aromatic heterocycles. The summed E-state index contributed by atoms with van der Waals surface area (Å²) in [5.41, 5.74) is 6.47. The SMILES string of the molecule is Cc1ccc2c(CC(C)C)c3c(c(C)c2c1)-c1c2c(cc4cc[c]([Ge]([CH3])([CH3])[CH3])cc4c2cc[n+]1C)O3. The third kappa shape index (κ3) is 3.48. The van der Waals surface area contributed by atoms with Crippen molar-refractivity contribution in [1.82, 2.24) is 0 Å². The first-order valence-electron chi connectivity index (χ1n) is 13.2. The number of hydrogen-bond donors (Lipinski definition) is 0. The predicted molar refractivity (Wildman–Crippen MR) is 157 cm³/mol. The van der Waals surface area contributed by atoms with E-state index in [0.29, 0.717) is 5.92 Å². The Bertz CT molecular complexity index is 1720. The quantitative estimate of drug-likeness (QED) is 0.127. The van der Waals surface area contributed by atoms with E-state index in [2.05, 4.69) is 111 Å². The van der Waals surface area contributed by atoms with E-state index in [-0.39, 0.29) is 0 Å². The molecule has 2 heterocycles. The third-order valence-electron chi connectivity index (χ3n) is 7.91. The van der Waals surface area contributed by atoms with Gasteiger partial charge in [-0.15, -0.1) is 0 Å². The van der Waals surface area contributed by atoms with Gasteiger partial charge in [-0.1, -0.05) is 0 Å². The minimum atomic E-state index is -1.97. The van der Waals surface area contributed by atoms with Crippen LogP contribution in [0.1, 0.15) is 30.5 Å². The summed E-state index contributed by atoms with van der Waals surface area (Å²) in [6.07, 6.45) is 3.23. The fraction of sp³-hybridized carbons (Fsp3) is 0.303. The van der Waals surface area contributed by atoms with Crippen LogP contribution in [0.4, 0.5) is 0 Å². The van der Waals surface area contributed by atoms with E-state index < -0.39 is 13.3 Å². The monoisotopic (exact) mass is 536 g/mol. The number of pyridine rings is 1. The number of aryl methyl sites for hydroxylation is 3. The molecule has 2 nitrogen and oxygen atoms in total. The Labute approximate surface area is 217 Å². The molecule has 1 aliphatic heterocycles. The van der Waals surface area contributed by atoms with E-state index in [1.54, 1.807) is 4.40 Å². The van der Waals surface area contributed by atoms with Crippen molar-refractivity contribution in [1.29, 1.82) is 0 Å². The first kappa shape index (κ1) is 23.5. The van der Waals surface area contributed by atoms with Crippen molar-refractivity contribution in [2.75, 3.05) is 0 Å². The molecule has 0 saturated carbocycles. The molecule has 1 aliphatic rings. The molecule has 0 atom stereocenters. The van der Waals surface area contributed by atoms with Gasteiger partial charge in [0.15, 0.2) is 0 Å². The van der Waals surface area contributed by atoms with Crippen LogP contribution in [0.15, 0.2) is 54.7 Å². The molecule has 0 unspecified atom stereocenters. The predicted octanol–water partition coefficient (Wildman–Crippen LogP) is 8.10. The first-order valence-corrected chi connectivity index (χ1v) is 20.5. The number of benzene rings is 4. The molecule has 0 saturated heterocycles. The zero-order valence-corrected chi connectivity index (χ0v) is 24.9. The molecule has 182 valence electrons. The van der Waals surface area contributed by atoms with Gasteiger partial charge in [0.1, 0.15) is 0 Å². The molecule has 4 aromatic carbocycles. The van der Waals surface area contributed by atoms with Crippen LogP contribution >= 0.6 is 0 Å². The molecular formula is C33H36GeNO+. The van der Waals surface area contributed by atoms with Crippen molar-refractivity contribution in [2.45, 2.75) is 51.4 Å². The summed E-state index contributed by atoms with van der Waals surface area (Å²) in [7, 11) is 2.18. The summed E-state index contributed by atoms with van der Waals surface area (Å²) >= 11 is -1.97. The van der Waals surface area contributed by atoms with Gasteiger partial charge >= 0.3 is 218 Å². The van der Waals surface area contributed by atoms with Crippen molar-refractivity contribution in [3.05, 3.63) is 71.4 Å². The maximum absolute atomic E-state index is 6.96. The molecule has 3 heteroatoms. The van der Waals surface area contributed by atoms with Crippen LogP contribution < -0.4 is 13.7 Å². The second-order valence-electron chi connectivity index (χ2n) is 12.2. The Balaban J connectivity index is 1.78. The van der Waals surface area contributed by atoms with Gasteiger partial charge in [0.05, 0.1) is 0 Å². The fourth-order valence-corrected chi connectivity index (χ4v) is 8.46. The van der Waals surface area contributed by atoms with Gasteiger partial charge in [0.25, 0.3) is 0 Å². The van der Waals surface area contributed by atoms with Crippen LogP contribution in [0.3, 0.4) is 0 Å². The maximum atomic E-state index is 6.96. The molecule has 0 amide bonds. The second kappa shape index (κ2) is 8.08. The van der Waals surface area contributed by atoms with E-state index in [1.165, 1.54) is 60.3 Å². The van der Waals surface area contributed by atoms with Crippen LogP contribution in [0.5, 0.6) is 11.5 Å². The molecule has 0 bridgehead atoms. The van der Waals surface area contributed by atoms with Crippen LogP contribution in [0.25, 0.3) is 43.6 Å². The van der Waals surface area contributed by atoms with Crippen molar-refractivity contribution < 1.29 is 9.30 Å². The molecule has 5 aromatic rings. The number of fused-ring (bicyclic) bond motifs is 5. The molecule has 0 radical (unpaired) electrons. The Hall–Kier alpha value is -2.85. The second-order valence-corrected chi connectivity index (χ2v) is 22.8. The number of rotatable bonds is 3. The molecule has 6 rings (SSSR count). The van der Waals surface area contributed by atoms with Gasteiger partial charge in [0.2, 0.25) is 0 Å². The molecular weight excluding hydrogens is 499 g/mol. The molecule has 0 N–H and O–H groups in total. The van der Waals surface area contributed by atoms with Crippen LogP contribution in [-0.2, 0) is 13.5 Å². The number of hydrogen-bond acceptors (Lipinski definition) is 1. The van der Waals surface area contributed by atoms with Gasteiger partial charge in [-0.2, -0.15) is 0 Å². The van der Waals surface area contributed by atoms with Gasteiger partial charge in [-0.05, 0) is 0 Å². The molecule has 0 aliphatic carbocycles. The first-order chi connectivity index (χ1) is 17.0. The Morgan fingerprint density at radius 1 is 0.861 bits per heavy atom. The summed E-state index contributed by atoms with van der Waals surface area (Å²) in [6.45, 7) is 9.07. The van der Waals surface area contributed by atoms with E-state index in [1.807, 2.05) is 0 Å². The Morgan fingerprint density at radius 3 is 2.36 bits per heavy atom. The van der Waals surface area contributed by atoms with Crippen LogP contribution in [-0.4, -0.2) is 13.3 Å². The van der Waals surface area contributed by atoms with E-state index >= 15 is 0 Å². The summed E-state index contributed by atoms with van der Waals surface area (Å²) in [4.78, 5) is 0. The Kier molecular flexibility index (Phi) is 5.28. The molecule has 36 heavy (non-hydrogen) atoms. The number of aromatic nitrogens is 1. The van der Waals surface area contributed by atoms with Crippen molar-refractivity contribution in [3.8, 4) is 22.8 Å². The summed E-state index contributed by atoms with van der Waals surface area (Å²) in [6, 6.07) is 18.6.